The molecule has 0 amide bonds. The fraction of sp³-hybridized carbons (Fsp3) is 0.952. The van der Waals surface area contributed by atoms with Crippen LogP contribution in [-0.4, -0.2) is 31.3 Å². The molecule has 0 aromatic rings. The maximum atomic E-state index is 11.7. The highest BCUT2D eigenvalue weighted by atomic mass is 16.1. The monoisotopic (exact) mass is 325 g/mol. The fourth-order valence-corrected chi connectivity index (χ4v) is 3.06. The fourth-order valence-electron chi connectivity index (χ4n) is 3.06. The van der Waals surface area contributed by atoms with Crippen LogP contribution in [0.15, 0.2) is 0 Å². The van der Waals surface area contributed by atoms with Gasteiger partial charge in [0.1, 0.15) is 5.78 Å². The van der Waals surface area contributed by atoms with Gasteiger partial charge < -0.3 is 4.90 Å². The highest BCUT2D eigenvalue weighted by Crippen LogP contribution is 2.13. The Hall–Kier alpha value is -0.370. The first-order chi connectivity index (χ1) is 11.2. The van der Waals surface area contributed by atoms with E-state index < -0.39 is 0 Å². The molecule has 0 saturated carbocycles. The first kappa shape index (κ1) is 22.6. The molecule has 0 N–H and O–H groups in total. The number of Topliss-reactive ketones (excluding diaryl/α,β-unsaturated/α-hetero) is 1. The average Bonchev–Trinajstić information content (AvgIpc) is 2.51. The van der Waals surface area contributed by atoms with Crippen molar-refractivity contribution in [2.24, 2.45) is 0 Å². The van der Waals surface area contributed by atoms with Crippen LogP contribution in [0.25, 0.3) is 0 Å². The average molecular weight is 326 g/mol. The molecule has 0 saturated heterocycles. The Morgan fingerprint density at radius 3 is 1.43 bits per heavy atom. The Bertz CT molecular complexity index is 250. The summed E-state index contributed by atoms with van der Waals surface area (Å²) in [6, 6.07) is 0. The second-order valence-electron chi connectivity index (χ2n) is 7.44. The van der Waals surface area contributed by atoms with E-state index in [0.29, 0.717) is 5.78 Å². The van der Waals surface area contributed by atoms with Crippen LogP contribution in [0.4, 0.5) is 0 Å². The summed E-state index contributed by atoms with van der Waals surface area (Å²) in [6.07, 6.45) is 20.4. The van der Waals surface area contributed by atoms with Gasteiger partial charge in [-0.3, -0.25) is 4.79 Å². The van der Waals surface area contributed by atoms with Gasteiger partial charge in [-0.15, -0.1) is 0 Å². The number of ketones is 1. The van der Waals surface area contributed by atoms with Gasteiger partial charge in [-0.05, 0) is 33.5 Å². The summed E-state index contributed by atoms with van der Waals surface area (Å²) in [4.78, 5) is 13.9. The van der Waals surface area contributed by atoms with E-state index in [9.17, 15) is 4.79 Å². The maximum Gasteiger partial charge on any atom is 0.132 e. The molecular weight excluding hydrogens is 282 g/mol. The molecule has 0 radical (unpaired) electrons. The summed E-state index contributed by atoms with van der Waals surface area (Å²) in [5.74, 6) is 0.468. The normalized spacial score (nSPS) is 11.3. The maximum absolute atomic E-state index is 11.7. The van der Waals surface area contributed by atoms with E-state index in [2.05, 4.69) is 25.9 Å². The van der Waals surface area contributed by atoms with E-state index in [0.717, 1.165) is 32.2 Å². The number of hydrogen-bond acceptors (Lipinski definition) is 2. The molecular formula is C21H43NO. The van der Waals surface area contributed by atoms with Crippen LogP contribution < -0.4 is 0 Å². The topological polar surface area (TPSA) is 20.3 Å². The van der Waals surface area contributed by atoms with Gasteiger partial charge in [0.05, 0.1) is 0 Å². The van der Waals surface area contributed by atoms with Crippen molar-refractivity contribution in [1.29, 1.82) is 0 Å². The Balaban J connectivity index is 3.11. The van der Waals surface area contributed by atoms with Crippen molar-refractivity contribution in [3.8, 4) is 0 Å². The Labute approximate surface area is 146 Å². The molecule has 23 heavy (non-hydrogen) atoms. The third-order valence-electron chi connectivity index (χ3n) is 4.62. The van der Waals surface area contributed by atoms with Gasteiger partial charge in [-0.2, -0.15) is 0 Å². The predicted octanol–water partition coefficient (Wildman–Crippen LogP) is 6.38. The van der Waals surface area contributed by atoms with Gasteiger partial charge in [0.2, 0.25) is 0 Å². The molecule has 0 unspecified atom stereocenters. The SMILES string of the molecule is CCCCCCCCCCCCCCCC(=O)CCCN(C)C. The molecule has 0 aromatic heterocycles. The smallest absolute Gasteiger partial charge is 0.132 e. The van der Waals surface area contributed by atoms with Crippen LogP contribution in [0.2, 0.25) is 0 Å². The number of hydrogen-bond donors (Lipinski definition) is 0. The standard InChI is InChI=1S/C21H43NO/c1-4-5-6-7-8-9-10-11-12-13-14-15-16-18-21(23)19-17-20-22(2)3/h4-20H2,1-3H3. The third kappa shape index (κ3) is 19.6. The van der Waals surface area contributed by atoms with E-state index in [1.165, 1.54) is 77.0 Å². The molecule has 0 rings (SSSR count). The van der Waals surface area contributed by atoms with Gasteiger partial charge in [0.25, 0.3) is 0 Å². The van der Waals surface area contributed by atoms with E-state index in [4.69, 9.17) is 0 Å². The summed E-state index contributed by atoms with van der Waals surface area (Å²) < 4.78 is 0. The quantitative estimate of drug-likeness (QED) is 0.273. The van der Waals surface area contributed by atoms with E-state index in [-0.39, 0.29) is 0 Å². The third-order valence-corrected chi connectivity index (χ3v) is 4.62. The zero-order chi connectivity index (χ0) is 17.2. The molecule has 0 aliphatic carbocycles. The highest BCUT2D eigenvalue weighted by Gasteiger charge is 2.02. The molecule has 0 atom stereocenters. The second kappa shape index (κ2) is 18.0. The van der Waals surface area contributed by atoms with E-state index in [1.54, 1.807) is 0 Å². The summed E-state index contributed by atoms with van der Waals surface area (Å²) in [5.41, 5.74) is 0. The predicted molar refractivity (Wildman–Crippen MR) is 103 cm³/mol. The van der Waals surface area contributed by atoms with E-state index >= 15 is 0 Å². The van der Waals surface area contributed by atoms with E-state index in [1.807, 2.05) is 0 Å². The Morgan fingerprint density at radius 2 is 1.00 bits per heavy atom. The summed E-state index contributed by atoms with van der Waals surface area (Å²) in [5, 5.41) is 0. The van der Waals surface area contributed by atoms with Gasteiger partial charge in [0.15, 0.2) is 0 Å². The minimum atomic E-state index is 0.468. The number of carbonyl (C=O) groups is 1. The van der Waals surface area contributed by atoms with Crippen molar-refractivity contribution in [3.05, 3.63) is 0 Å². The number of unbranched alkanes of at least 4 members (excludes halogenated alkanes) is 12. The van der Waals surface area contributed by atoms with Gasteiger partial charge in [0, 0.05) is 12.8 Å². The molecule has 0 bridgehead atoms. The largest absolute Gasteiger partial charge is 0.309 e. The summed E-state index contributed by atoms with van der Waals surface area (Å²) >= 11 is 0. The number of nitrogens with zero attached hydrogens (tertiary/aromatic N) is 1. The molecule has 0 spiro atoms. The second-order valence-corrected chi connectivity index (χ2v) is 7.44. The number of carbonyl (C=O) groups excluding carboxylic acids is 1. The molecule has 138 valence electrons. The van der Waals surface area contributed by atoms with Crippen molar-refractivity contribution in [2.45, 2.75) is 110 Å². The van der Waals surface area contributed by atoms with Gasteiger partial charge in [-0.1, -0.05) is 84.0 Å². The van der Waals surface area contributed by atoms with Crippen LogP contribution >= 0.6 is 0 Å². The lowest BCUT2D eigenvalue weighted by molar-refractivity contribution is -0.119. The minimum Gasteiger partial charge on any atom is -0.309 e. The molecule has 0 aliphatic rings. The molecule has 2 heteroatoms. The zero-order valence-electron chi connectivity index (χ0n) is 16.4. The highest BCUT2D eigenvalue weighted by molar-refractivity contribution is 5.78. The molecule has 0 heterocycles. The number of rotatable bonds is 18. The molecule has 2 nitrogen and oxygen atoms in total. The summed E-state index contributed by atoms with van der Waals surface area (Å²) in [6.45, 7) is 3.31. The molecule has 0 aromatic carbocycles. The van der Waals surface area contributed by atoms with Gasteiger partial charge in [-0.25, -0.2) is 0 Å². The Morgan fingerprint density at radius 1 is 0.609 bits per heavy atom. The van der Waals surface area contributed by atoms with Crippen molar-refractivity contribution in [2.75, 3.05) is 20.6 Å². The first-order valence-corrected chi connectivity index (χ1v) is 10.3. The zero-order valence-corrected chi connectivity index (χ0v) is 16.4. The van der Waals surface area contributed by atoms with Crippen LogP contribution in [0.5, 0.6) is 0 Å². The first-order valence-electron chi connectivity index (χ1n) is 10.3. The van der Waals surface area contributed by atoms with Crippen LogP contribution in [0.3, 0.4) is 0 Å². The summed E-state index contributed by atoms with van der Waals surface area (Å²) in [7, 11) is 4.13. The lowest BCUT2D eigenvalue weighted by atomic mass is 10.0. The lowest BCUT2D eigenvalue weighted by Gasteiger charge is -2.08. The Kier molecular flexibility index (Phi) is 17.7. The van der Waals surface area contributed by atoms with Crippen LogP contribution in [0.1, 0.15) is 110 Å². The van der Waals surface area contributed by atoms with Crippen molar-refractivity contribution in [3.63, 3.8) is 0 Å². The van der Waals surface area contributed by atoms with Gasteiger partial charge >= 0.3 is 0 Å². The lowest BCUT2D eigenvalue weighted by Crippen LogP contribution is -2.14. The molecule has 0 aliphatic heterocycles. The van der Waals surface area contributed by atoms with Crippen molar-refractivity contribution in [1.82, 2.24) is 4.90 Å². The van der Waals surface area contributed by atoms with Crippen molar-refractivity contribution < 1.29 is 4.79 Å². The van der Waals surface area contributed by atoms with Crippen LogP contribution in [0, 0.1) is 0 Å². The minimum absolute atomic E-state index is 0.468. The van der Waals surface area contributed by atoms with Crippen LogP contribution in [-0.2, 0) is 4.79 Å². The molecule has 0 fully saturated rings. The van der Waals surface area contributed by atoms with Crippen molar-refractivity contribution >= 4 is 5.78 Å².